The molecule has 7 heteroatoms. The molecule has 0 fully saturated rings. The molecule has 0 aliphatic rings. The van der Waals surface area contributed by atoms with E-state index < -0.39 is 5.97 Å². The van der Waals surface area contributed by atoms with E-state index in [1.807, 2.05) is 0 Å². The normalized spacial score (nSPS) is 10.8. The highest BCUT2D eigenvalue weighted by Gasteiger charge is 2.10. The van der Waals surface area contributed by atoms with Gasteiger partial charge in [-0.3, -0.25) is 9.78 Å². The van der Waals surface area contributed by atoms with Crippen LogP contribution in [0.25, 0.3) is 16.9 Å². The molecule has 0 atom stereocenters. The van der Waals surface area contributed by atoms with Crippen LogP contribution in [-0.4, -0.2) is 30.0 Å². The molecule has 0 aromatic carbocycles. The van der Waals surface area contributed by atoms with Crippen molar-refractivity contribution in [1.82, 2.24) is 18.9 Å². The molecule has 3 rings (SSSR count). The van der Waals surface area contributed by atoms with Crippen LogP contribution in [0, 0.1) is 0 Å². The maximum atomic E-state index is 11.6. The maximum Gasteiger partial charge on any atom is 0.356 e. The van der Waals surface area contributed by atoms with E-state index in [4.69, 9.17) is 5.11 Å². The Morgan fingerprint density at radius 3 is 2.85 bits per heavy atom. The second-order valence-corrected chi connectivity index (χ2v) is 4.33. The molecule has 0 spiro atoms. The number of carbonyl (C=O) groups is 1. The summed E-state index contributed by atoms with van der Waals surface area (Å²) in [5.41, 5.74) is 1.49. The number of carboxylic acids is 1. The minimum atomic E-state index is -1.09. The summed E-state index contributed by atoms with van der Waals surface area (Å²) in [6.45, 7) is 0. The predicted octanol–water partition coefficient (Wildman–Crippen LogP) is 0.793. The zero-order valence-corrected chi connectivity index (χ0v) is 10.5. The second kappa shape index (κ2) is 4.30. The van der Waals surface area contributed by atoms with Crippen molar-refractivity contribution in [2.45, 2.75) is 0 Å². The highest BCUT2D eigenvalue weighted by Crippen LogP contribution is 2.15. The van der Waals surface area contributed by atoms with Crippen LogP contribution in [0.3, 0.4) is 0 Å². The Hall–Kier alpha value is -2.96. The number of fused-ring (bicyclic) bond motifs is 1. The smallest absolute Gasteiger partial charge is 0.356 e. The number of pyridine rings is 1. The monoisotopic (exact) mass is 270 g/mol. The molecule has 20 heavy (non-hydrogen) atoms. The van der Waals surface area contributed by atoms with Gasteiger partial charge < -0.3 is 14.1 Å². The zero-order valence-electron chi connectivity index (χ0n) is 10.5. The van der Waals surface area contributed by atoms with Crippen molar-refractivity contribution in [2.75, 3.05) is 0 Å². The molecule has 3 aromatic heterocycles. The highest BCUT2D eigenvalue weighted by molar-refractivity contribution is 5.86. The molecule has 0 amide bonds. The van der Waals surface area contributed by atoms with E-state index in [2.05, 4.69) is 9.97 Å². The van der Waals surface area contributed by atoms with Crippen molar-refractivity contribution in [3.63, 3.8) is 0 Å². The SMILES string of the molecule is Cn1ccc(-c2cn3cc(C(=O)O)nc3cn2)cc1=O. The van der Waals surface area contributed by atoms with E-state index in [1.165, 1.54) is 23.0 Å². The number of hydrogen-bond acceptors (Lipinski definition) is 4. The van der Waals surface area contributed by atoms with Crippen molar-refractivity contribution >= 4 is 11.6 Å². The van der Waals surface area contributed by atoms with Crippen LogP contribution in [-0.2, 0) is 7.05 Å². The zero-order chi connectivity index (χ0) is 14.3. The van der Waals surface area contributed by atoms with Crippen LogP contribution in [0.5, 0.6) is 0 Å². The summed E-state index contributed by atoms with van der Waals surface area (Å²) in [6, 6.07) is 3.24. The molecule has 0 saturated heterocycles. The fourth-order valence-corrected chi connectivity index (χ4v) is 1.86. The minimum Gasteiger partial charge on any atom is -0.476 e. The number of aromatic carboxylic acids is 1. The van der Waals surface area contributed by atoms with Gasteiger partial charge in [0.2, 0.25) is 0 Å². The van der Waals surface area contributed by atoms with Crippen molar-refractivity contribution in [3.8, 4) is 11.3 Å². The molecule has 0 saturated carbocycles. The third-order valence-corrected chi connectivity index (χ3v) is 2.96. The summed E-state index contributed by atoms with van der Waals surface area (Å²) in [4.78, 5) is 30.6. The number of aryl methyl sites for hydroxylation is 1. The van der Waals surface area contributed by atoms with Crippen molar-refractivity contribution < 1.29 is 9.90 Å². The summed E-state index contributed by atoms with van der Waals surface area (Å²) in [5, 5.41) is 8.90. The quantitative estimate of drug-likeness (QED) is 0.743. The Morgan fingerprint density at radius 1 is 1.35 bits per heavy atom. The van der Waals surface area contributed by atoms with E-state index in [1.54, 1.807) is 29.9 Å². The third-order valence-electron chi connectivity index (χ3n) is 2.96. The van der Waals surface area contributed by atoms with Gasteiger partial charge in [0.25, 0.3) is 5.56 Å². The fraction of sp³-hybridized carbons (Fsp3) is 0.0769. The Bertz CT molecular complexity index is 879. The van der Waals surface area contributed by atoms with Gasteiger partial charge in [-0.2, -0.15) is 0 Å². The first-order valence-electron chi connectivity index (χ1n) is 5.80. The lowest BCUT2D eigenvalue weighted by atomic mass is 10.2. The van der Waals surface area contributed by atoms with Crippen LogP contribution in [0.1, 0.15) is 10.5 Å². The lowest BCUT2D eigenvalue weighted by molar-refractivity contribution is 0.0691. The molecule has 0 radical (unpaired) electrons. The summed E-state index contributed by atoms with van der Waals surface area (Å²) in [5.74, 6) is -1.09. The Labute approximate surface area is 112 Å². The van der Waals surface area contributed by atoms with Gasteiger partial charge in [0.1, 0.15) is 0 Å². The average Bonchev–Trinajstić information content (AvgIpc) is 2.85. The van der Waals surface area contributed by atoms with E-state index in [0.29, 0.717) is 16.9 Å². The van der Waals surface area contributed by atoms with E-state index >= 15 is 0 Å². The summed E-state index contributed by atoms with van der Waals surface area (Å²) in [6.07, 6.45) is 6.17. The first kappa shape index (κ1) is 12.1. The second-order valence-electron chi connectivity index (χ2n) is 4.33. The number of carboxylic acid groups (broad SMARTS) is 1. The van der Waals surface area contributed by atoms with Crippen LogP contribution in [0.2, 0.25) is 0 Å². The molecule has 7 nitrogen and oxygen atoms in total. The Morgan fingerprint density at radius 2 is 2.15 bits per heavy atom. The third kappa shape index (κ3) is 1.95. The van der Waals surface area contributed by atoms with E-state index in [0.717, 1.165) is 0 Å². The van der Waals surface area contributed by atoms with Gasteiger partial charge in [0, 0.05) is 37.3 Å². The number of imidazole rings is 1. The summed E-state index contributed by atoms with van der Waals surface area (Å²) < 4.78 is 3.03. The first-order chi connectivity index (χ1) is 9.54. The first-order valence-corrected chi connectivity index (χ1v) is 5.80. The molecule has 0 bridgehead atoms. The van der Waals surface area contributed by atoms with Crippen molar-refractivity contribution in [1.29, 1.82) is 0 Å². The molecule has 0 aliphatic carbocycles. The van der Waals surface area contributed by atoms with Crippen LogP contribution < -0.4 is 5.56 Å². The van der Waals surface area contributed by atoms with Crippen LogP contribution in [0.4, 0.5) is 0 Å². The summed E-state index contributed by atoms with van der Waals surface area (Å²) in [7, 11) is 1.66. The molecule has 3 aromatic rings. The molecule has 0 unspecified atom stereocenters. The molecule has 100 valence electrons. The number of nitrogens with zero attached hydrogens (tertiary/aromatic N) is 4. The lowest BCUT2D eigenvalue weighted by Crippen LogP contribution is -2.14. The number of aromatic nitrogens is 4. The maximum absolute atomic E-state index is 11.6. The van der Waals surface area contributed by atoms with Gasteiger partial charge in [-0.05, 0) is 6.07 Å². The predicted molar refractivity (Wildman–Crippen MR) is 70.6 cm³/mol. The highest BCUT2D eigenvalue weighted by atomic mass is 16.4. The lowest BCUT2D eigenvalue weighted by Gasteiger charge is -2.02. The van der Waals surface area contributed by atoms with Gasteiger partial charge in [0.05, 0.1) is 11.9 Å². The summed E-state index contributed by atoms with van der Waals surface area (Å²) >= 11 is 0. The van der Waals surface area contributed by atoms with E-state index in [9.17, 15) is 9.59 Å². The number of hydrogen-bond donors (Lipinski definition) is 1. The molecular formula is C13H10N4O3. The molecule has 3 heterocycles. The van der Waals surface area contributed by atoms with Gasteiger partial charge in [0.15, 0.2) is 11.3 Å². The van der Waals surface area contributed by atoms with Crippen molar-refractivity contribution in [3.05, 3.63) is 53.0 Å². The van der Waals surface area contributed by atoms with Gasteiger partial charge in [-0.15, -0.1) is 0 Å². The standard InChI is InChI=1S/C13H10N4O3/c1-16-3-2-8(4-12(16)18)9-6-17-7-10(13(19)20)15-11(17)5-14-9/h2-7H,1H3,(H,19,20). The fourth-order valence-electron chi connectivity index (χ4n) is 1.86. The Balaban J connectivity index is 2.14. The van der Waals surface area contributed by atoms with E-state index in [-0.39, 0.29) is 11.3 Å². The number of rotatable bonds is 2. The average molecular weight is 270 g/mol. The Kier molecular flexibility index (Phi) is 2.60. The minimum absolute atomic E-state index is 0.0482. The van der Waals surface area contributed by atoms with Gasteiger partial charge in [-0.1, -0.05) is 0 Å². The molecule has 1 N–H and O–H groups in total. The van der Waals surface area contributed by atoms with Crippen molar-refractivity contribution in [2.24, 2.45) is 7.05 Å². The van der Waals surface area contributed by atoms with Gasteiger partial charge in [-0.25, -0.2) is 9.78 Å². The largest absolute Gasteiger partial charge is 0.476 e. The molecule has 0 aliphatic heterocycles. The van der Waals surface area contributed by atoms with Crippen LogP contribution >= 0.6 is 0 Å². The topological polar surface area (TPSA) is 89.5 Å². The van der Waals surface area contributed by atoms with Gasteiger partial charge >= 0.3 is 5.97 Å². The van der Waals surface area contributed by atoms with Crippen LogP contribution in [0.15, 0.2) is 41.7 Å². The molecular weight excluding hydrogens is 260 g/mol.